The van der Waals surface area contributed by atoms with Gasteiger partial charge in [0, 0.05) is 0 Å². The normalized spacial score (nSPS) is 31.9. The standard InChI is InChI=1S/C12H16O5/c1-2-5-16-10(13)7-3-4-8-9(6-7)12(15)17-11(8)14/h7-9H,2-6H2,1H3/t7-,8+,9-/m0/s1. The average Bonchev–Trinajstić information content (AvgIpc) is 2.61. The molecule has 0 spiro atoms. The SMILES string of the molecule is CCCOC(=O)[C@H]1CC[C@H]2C(=O)OC(=O)[C@H]2C1. The lowest BCUT2D eigenvalue weighted by Crippen LogP contribution is -2.31. The quantitative estimate of drug-likeness (QED) is 0.545. The first kappa shape index (κ1) is 12.1. The fraction of sp³-hybridized carbons (Fsp3) is 0.750. The number of rotatable bonds is 3. The lowest BCUT2D eigenvalue weighted by Gasteiger charge is -2.26. The number of carbonyl (C=O) groups excluding carboxylic acids is 3. The van der Waals surface area contributed by atoms with E-state index in [0.717, 1.165) is 6.42 Å². The van der Waals surface area contributed by atoms with Crippen LogP contribution in [0, 0.1) is 17.8 Å². The molecule has 1 aliphatic heterocycles. The van der Waals surface area contributed by atoms with Gasteiger partial charge in [-0.2, -0.15) is 0 Å². The van der Waals surface area contributed by atoms with Gasteiger partial charge in [-0.3, -0.25) is 14.4 Å². The van der Waals surface area contributed by atoms with Gasteiger partial charge in [-0.25, -0.2) is 0 Å². The topological polar surface area (TPSA) is 69.7 Å². The van der Waals surface area contributed by atoms with E-state index in [1.165, 1.54) is 0 Å². The summed E-state index contributed by atoms with van der Waals surface area (Å²) in [4.78, 5) is 34.4. The van der Waals surface area contributed by atoms with Gasteiger partial charge < -0.3 is 9.47 Å². The molecule has 0 aromatic rings. The van der Waals surface area contributed by atoms with Crippen LogP contribution < -0.4 is 0 Å². The van der Waals surface area contributed by atoms with Crippen LogP contribution in [0.2, 0.25) is 0 Å². The van der Waals surface area contributed by atoms with Crippen LogP contribution in [0.1, 0.15) is 32.6 Å². The first-order valence-corrected chi connectivity index (χ1v) is 6.05. The zero-order chi connectivity index (χ0) is 12.4. The highest BCUT2D eigenvalue weighted by atomic mass is 16.6. The van der Waals surface area contributed by atoms with Crippen LogP contribution in [-0.4, -0.2) is 24.5 Å². The highest BCUT2D eigenvalue weighted by Gasteiger charge is 2.49. The van der Waals surface area contributed by atoms with Crippen molar-refractivity contribution >= 4 is 17.9 Å². The minimum absolute atomic E-state index is 0.252. The van der Waals surface area contributed by atoms with Crippen molar-refractivity contribution in [1.82, 2.24) is 0 Å². The molecular formula is C12H16O5. The van der Waals surface area contributed by atoms with E-state index in [0.29, 0.717) is 25.9 Å². The Kier molecular flexibility index (Phi) is 3.45. The fourth-order valence-corrected chi connectivity index (χ4v) is 2.50. The molecule has 5 heteroatoms. The average molecular weight is 240 g/mol. The van der Waals surface area contributed by atoms with E-state index in [2.05, 4.69) is 4.74 Å². The Hall–Kier alpha value is -1.39. The highest BCUT2D eigenvalue weighted by Crippen LogP contribution is 2.39. The van der Waals surface area contributed by atoms with Gasteiger partial charge in [-0.15, -0.1) is 0 Å². The lowest BCUT2D eigenvalue weighted by atomic mass is 9.75. The molecule has 0 bridgehead atoms. The van der Waals surface area contributed by atoms with Gasteiger partial charge in [0.25, 0.3) is 0 Å². The van der Waals surface area contributed by atoms with E-state index in [9.17, 15) is 14.4 Å². The molecule has 0 radical (unpaired) electrons. The summed E-state index contributed by atoms with van der Waals surface area (Å²) < 4.78 is 9.65. The molecule has 1 heterocycles. The second kappa shape index (κ2) is 4.85. The van der Waals surface area contributed by atoms with E-state index < -0.39 is 17.9 Å². The zero-order valence-corrected chi connectivity index (χ0v) is 9.81. The minimum Gasteiger partial charge on any atom is -0.465 e. The van der Waals surface area contributed by atoms with Crippen LogP contribution in [0.5, 0.6) is 0 Å². The van der Waals surface area contributed by atoms with Gasteiger partial charge in [-0.05, 0) is 25.7 Å². The van der Waals surface area contributed by atoms with Gasteiger partial charge >= 0.3 is 17.9 Å². The number of cyclic esters (lactones) is 2. The van der Waals surface area contributed by atoms with Crippen molar-refractivity contribution in [2.24, 2.45) is 17.8 Å². The summed E-state index contributed by atoms with van der Waals surface area (Å²) in [7, 11) is 0. The molecule has 1 saturated carbocycles. The molecule has 1 saturated heterocycles. The predicted octanol–water partition coefficient (Wildman–Crippen LogP) is 1.06. The van der Waals surface area contributed by atoms with E-state index in [4.69, 9.17) is 4.74 Å². The summed E-state index contributed by atoms with van der Waals surface area (Å²) in [6, 6.07) is 0. The third-order valence-corrected chi connectivity index (χ3v) is 3.44. The first-order chi connectivity index (χ1) is 8.13. The molecule has 2 rings (SSSR count). The van der Waals surface area contributed by atoms with E-state index in [1.807, 2.05) is 6.92 Å². The molecule has 1 aliphatic carbocycles. The maximum atomic E-state index is 11.7. The number of ether oxygens (including phenoxy) is 2. The highest BCUT2D eigenvalue weighted by molar-refractivity contribution is 5.97. The molecule has 0 amide bonds. The van der Waals surface area contributed by atoms with Crippen LogP contribution in [0.4, 0.5) is 0 Å². The number of hydrogen-bond acceptors (Lipinski definition) is 5. The van der Waals surface area contributed by atoms with Crippen LogP contribution in [-0.2, 0) is 23.9 Å². The summed E-state index contributed by atoms with van der Waals surface area (Å²) in [5.74, 6) is -2.19. The third kappa shape index (κ3) is 2.33. The van der Waals surface area contributed by atoms with Gasteiger partial charge in [0.15, 0.2) is 0 Å². The monoisotopic (exact) mass is 240 g/mol. The Morgan fingerprint density at radius 3 is 2.71 bits per heavy atom. The molecule has 3 atom stereocenters. The van der Waals surface area contributed by atoms with Crippen LogP contribution in [0.15, 0.2) is 0 Å². The summed E-state index contributed by atoms with van der Waals surface area (Å²) in [5, 5.41) is 0. The third-order valence-electron chi connectivity index (χ3n) is 3.44. The molecule has 0 aromatic heterocycles. The Labute approximate surface area is 99.5 Å². The summed E-state index contributed by atoms with van der Waals surface area (Å²) >= 11 is 0. The van der Waals surface area contributed by atoms with Crippen molar-refractivity contribution in [3.05, 3.63) is 0 Å². The molecule has 0 unspecified atom stereocenters. The second-order valence-corrected chi connectivity index (χ2v) is 4.63. The molecule has 94 valence electrons. The first-order valence-electron chi connectivity index (χ1n) is 6.05. The predicted molar refractivity (Wildman–Crippen MR) is 56.7 cm³/mol. The molecule has 0 aromatic carbocycles. The van der Waals surface area contributed by atoms with Crippen molar-refractivity contribution < 1.29 is 23.9 Å². The Balaban J connectivity index is 1.95. The van der Waals surface area contributed by atoms with Crippen molar-refractivity contribution in [2.75, 3.05) is 6.61 Å². The van der Waals surface area contributed by atoms with Gasteiger partial charge in [0.1, 0.15) is 0 Å². The molecular weight excluding hydrogens is 224 g/mol. The van der Waals surface area contributed by atoms with E-state index in [-0.39, 0.29) is 17.8 Å². The van der Waals surface area contributed by atoms with Crippen molar-refractivity contribution in [1.29, 1.82) is 0 Å². The van der Waals surface area contributed by atoms with Crippen LogP contribution in [0.25, 0.3) is 0 Å². The number of fused-ring (bicyclic) bond motifs is 1. The number of hydrogen-bond donors (Lipinski definition) is 0. The Morgan fingerprint density at radius 1 is 1.29 bits per heavy atom. The molecule has 2 fully saturated rings. The summed E-state index contributed by atoms with van der Waals surface area (Å²) in [5.41, 5.74) is 0. The minimum atomic E-state index is -0.479. The number of carbonyl (C=O) groups is 3. The van der Waals surface area contributed by atoms with Crippen molar-refractivity contribution in [2.45, 2.75) is 32.6 Å². The largest absolute Gasteiger partial charge is 0.465 e. The van der Waals surface area contributed by atoms with E-state index in [1.54, 1.807) is 0 Å². The van der Waals surface area contributed by atoms with Crippen molar-refractivity contribution in [3.63, 3.8) is 0 Å². The smallest absolute Gasteiger partial charge is 0.317 e. The van der Waals surface area contributed by atoms with Gasteiger partial charge in [0.05, 0.1) is 24.4 Å². The maximum absolute atomic E-state index is 11.7. The Morgan fingerprint density at radius 2 is 2.00 bits per heavy atom. The van der Waals surface area contributed by atoms with Gasteiger partial charge in [-0.1, -0.05) is 6.92 Å². The van der Waals surface area contributed by atoms with Crippen LogP contribution >= 0.6 is 0 Å². The zero-order valence-electron chi connectivity index (χ0n) is 9.81. The van der Waals surface area contributed by atoms with Gasteiger partial charge in [0.2, 0.25) is 0 Å². The second-order valence-electron chi connectivity index (χ2n) is 4.63. The molecule has 5 nitrogen and oxygen atoms in total. The Bertz CT molecular complexity index is 349. The van der Waals surface area contributed by atoms with Crippen LogP contribution in [0.3, 0.4) is 0 Å². The molecule has 2 aliphatic rings. The number of esters is 3. The molecule has 17 heavy (non-hydrogen) atoms. The summed E-state index contributed by atoms with van der Waals surface area (Å²) in [6.45, 7) is 2.34. The molecule has 0 N–H and O–H groups in total. The fourth-order valence-electron chi connectivity index (χ4n) is 2.50. The summed E-state index contributed by atoms with van der Waals surface area (Å²) in [6.07, 6.45) is 2.32. The lowest BCUT2D eigenvalue weighted by molar-refractivity contribution is -0.153. The van der Waals surface area contributed by atoms with E-state index >= 15 is 0 Å². The van der Waals surface area contributed by atoms with Crippen molar-refractivity contribution in [3.8, 4) is 0 Å². The maximum Gasteiger partial charge on any atom is 0.317 e.